The van der Waals surface area contributed by atoms with Crippen LogP contribution in [0.3, 0.4) is 0 Å². The Hall–Kier alpha value is -1.80. The number of carboxylic acids is 1. The summed E-state index contributed by atoms with van der Waals surface area (Å²) in [6.45, 7) is -1.52. The molecule has 18 heavy (non-hydrogen) atoms. The smallest absolute Gasteiger partial charge is 0.405 e. The Balaban J connectivity index is 2.33. The third-order valence-electron chi connectivity index (χ3n) is 2.35. The lowest BCUT2D eigenvalue weighted by Gasteiger charge is -2.12. The van der Waals surface area contributed by atoms with Crippen LogP contribution in [0.5, 0.6) is 0 Å². The van der Waals surface area contributed by atoms with E-state index >= 15 is 0 Å². The highest BCUT2D eigenvalue weighted by atomic mass is 19.4. The van der Waals surface area contributed by atoms with Crippen molar-refractivity contribution in [1.82, 2.24) is 10.6 Å². The second-order valence-electron chi connectivity index (χ2n) is 4.00. The maximum absolute atomic E-state index is 11.7. The molecule has 102 valence electrons. The summed E-state index contributed by atoms with van der Waals surface area (Å²) >= 11 is 0. The van der Waals surface area contributed by atoms with Crippen LogP contribution >= 0.6 is 0 Å². The van der Waals surface area contributed by atoms with E-state index in [4.69, 9.17) is 5.11 Å². The summed E-state index contributed by atoms with van der Waals surface area (Å²) in [6, 6.07) is 0. The van der Waals surface area contributed by atoms with E-state index in [2.05, 4.69) is 5.32 Å². The molecule has 0 aromatic carbocycles. The lowest BCUT2D eigenvalue weighted by atomic mass is 10.2. The Bertz CT molecular complexity index is 376. The molecule has 0 unspecified atom stereocenters. The fourth-order valence-electron chi connectivity index (χ4n) is 1.24. The first-order chi connectivity index (χ1) is 8.15. The number of nitrogens with one attached hydrogen (secondary N) is 2. The lowest BCUT2D eigenvalue weighted by molar-refractivity contribution is -0.145. The van der Waals surface area contributed by atoms with Gasteiger partial charge in [0.25, 0.3) is 0 Å². The van der Waals surface area contributed by atoms with Gasteiger partial charge in [-0.3, -0.25) is 9.59 Å². The van der Waals surface area contributed by atoms with Gasteiger partial charge in [0.05, 0.1) is 0 Å². The maximum Gasteiger partial charge on any atom is 0.405 e. The van der Waals surface area contributed by atoms with E-state index < -0.39 is 42.5 Å². The van der Waals surface area contributed by atoms with Gasteiger partial charge in [0.15, 0.2) is 0 Å². The normalized spacial score (nSPS) is 16.8. The number of hydrogen-bond donors (Lipinski definition) is 3. The van der Waals surface area contributed by atoms with Crippen molar-refractivity contribution >= 4 is 17.8 Å². The molecule has 0 heterocycles. The summed E-state index contributed by atoms with van der Waals surface area (Å²) in [4.78, 5) is 32.9. The number of halogens is 3. The Morgan fingerprint density at radius 1 is 1.17 bits per heavy atom. The third-order valence-corrected chi connectivity index (χ3v) is 2.35. The van der Waals surface area contributed by atoms with Crippen LogP contribution in [0.2, 0.25) is 0 Å². The Labute approximate surface area is 99.5 Å². The summed E-state index contributed by atoms with van der Waals surface area (Å²) < 4.78 is 35.2. The van der Waals surface area contributed by atoms with Gasteiger partial charge >= 0.3 is 12.1 Å². The predicted octanol–water partition coefficient (Wildman–Crippen LogP) is -0.212. The summed E-state index contributed by atoms with van der Waals surface area (Å²) in [5.74, 6) is -3.23. The Morgan fingerprint density at radius 3 is 2.11 bits per heavy atom. The van der Waals surface area contributed by atoms with Crippen LogP contribution < -0.4 is 10.6 Å². The van der Waals surface area contributed by atoms with Crippen LogP contribution in [-0.4, -0.2) is 41.2 Å². The summed E-state index contributed by atoms with van der Waals surface area (Å²) in [7, 11) is 0. The second-order valence-corrected chi connectivity index (χ2v) is 4.00. The summed E-state index contributed by atoms with van der Waals surface area (Å²) in [6.07, 6.45) is -4.88. The first-order valence-electron chi connectivity index (χ1n) is 5.02. The summed E-state index contributed by atoms with van der Waals surface area (Å²) in [5.41, 5.74) is -1.35. The monoisotopic (exact) mass is 268 g/mol. The Morgan fingerprint density at radius 2 is 1.72 bits per heavy atom. The van der Waals surface area contributed by atoms with Gasteiger partial charge in [-0.2, -0.15) is 13.2 Å². The minimum absolute atomic E-state index is 0.248. The molecule has 1 aliphatic carbocycles. The van der Waals surface area contributed by atoms with Gasteiger partial charge in [0, 0.05) is 0 Å². The maximum atomic E-state index is 11.7. The van der Waals surface area contributed by atoms with Gasteiger partial charge < -0.3 is 15.7 Å². The van der Waals surface area contributed by atoms with E-state index in [9.17, 15) is 27.6 Å². The van der Waals surface area contributed by atoms with E-state index in [0.29, 0.717) is 0 Å². The van der Waals surface area contributed by atoms with Gasteiger partial charge in [0.1, 0.15) is 18.5 Å². The molecule has 3 N–H and O–H groups in total. The largest absolute Gasteiger partial charge is 0.480 e. The molecule has 1 fully saturated rings. The number of carbonyl (C=O) groups is 3. The fraction of sp³-hybridized carbons (Fsp3) is 0.667. The van der Waals surface area contributed by atoms with Gasteiger partial charge in [-0.05, 0) is 12.8 Å². The van der Waals surface area contributed by atoms with Crippen LogP contribution in [0.1, 0.15) is 19.3 Å². The Kier molecular flexibility index (Phi) is 3.82. The zero-order valence-corrected chi connectivity index (χ0v) is 9.13. The SMILES string of the molecule is O=C(CC(=O)NC1(C(=O)O)CC1)NCC(F)(F)F. The number of carboxylic acid groups (broad SMARTS) is 1. The molecule has 0 aromatic rings. The molecule has 0 saturated heterocycles. The molecule has 1 saturated carbocycles. The molecule has 0 atom stereocenters. The van der Waals surface area contributed by atoms with Gasteiger partial charge in [0.2, 0.25) is 11.8 Å². The van der Waals surface area contributed by atoms with Gasteiger partial charge in [-0.1, -0.05) is 0 Å². The van der Waals surface area contributed by atoms with Crippen molar-refractivity contribution in [2.45, 2.75) is 31.0 Å². The van der Waals surface area contributed by atoms with E-state index in [-0.39, 0.29) is 12.8 Å². The van der Waals surface area contributed by atoms with Crippen molar-refractivity contribution in [3.05, 3.63) is 0 Å². The highest BCUT2D eigenvalue weighted by Gasteiger charge is 2.51. The number of carbonyl (C=O) groups excluding carboxylic acids is 2. The molecular formula is C9H11F3N2O4. The van der Waals surface area contributed by atoms with Crippen molar-refractivity contribution in [2.75, 3.05) is 6.54 Å². The highest BCUT2D eigenvalue weighted by molar-refractivity contribution is 5.99. The van der Waals surface area contributed by atoms with Crippen LogP contribution in [0.4, 0.5) is 13.2 Å². The van der Waals surface area contributed by atoms with Crippen molar-refractivity contribution in [2.24, 2.45) is 0 Å². The van der Waals surface area contributed by atoms with E-state index in [1.165, 1.54) is 5.32 Å². The number of amides is 2. The van der Waals surface area contributed by atoms with Gasteiger partial charge in [-0.25, -0.2) is 4.79 Å². The molecule has 0 aromatic heterocycles. The molecule has 1 aliphatic rings. The van der Waals surface area contributed by atoms with Crippen LogP contribution in [0.15, 0.2) is 0 Å². The van der Waals surface area contributed by atoms with Crippen molar-refractivity contribution in [1.29, 1.82) is 0 Å². The number of hydrogen-bond acceptors (Lipinski definition) is 3. The molecule has 1 rings (SSSR count). The van der Waals surface area contributed by atoms with Crippen LogP contribution in [-0.2, 0) is 14.4 Å². The number of rotatable bonds is 5. The first kappa shape index (κ1) is 14.3. The molecule has 0 spiro atoms. The second kappa shape index (κ2) is 4.83. The van der Waals surface area contributed by atoms with Crippen molar-refractivity contribution in [3.63, 3.8) is 0 Å². The van der Waals surface area contributed by atoms with Crippen LogP contribution in [0, 0.1) is 0 Å². The molecular weight excluding hydrogens is 257 g/mol. The fourth-order valence-corrected chi connectivity index (χ4v) is 1.24. The molecule has 0 bridgehead atoms. The van der Waals surface area contributed by atoms with E-state index in [1.807, 2.05) is 0 Å². The number of alkyl halides is 3. The molecule has 6 nitrogen and oxygen atoms in total. The molecule has 0 aliphatic heterocycles. The minimum atomic E-state index is -4.55. The quantitative estimate of drug-likeness (QED) is 0.601. The number of aliphatic carboxylic acids is 1. The van der Waals surface area contributed by atoms with Gasteiger partial charge in [-0.15, -0.1) is 0 Å². The zero-order valence-electron chi connectivity index (χ0n) is 9.13. The minimum Gasteiger partial charge on any atom is -0.480 e. The molecule has 2 amide bonds. The standard InChI is InChI=1S/C9H11F3N2O4/c10-9(11,12)4-13-5(15)3-6(16)14-8(1-2-8)7(17)18/h1-4H2,(H,13,15)(H,14,16)(H,17,18). The van der Waals surface area contributed by atoms with E-state index in [0.717, 1.165) is 0 Å². The average Bonchev–Trinajstić information content (AvgIpc) is 2.94. The predicted molar refractivity (Wildman–Crippen MR) is 51.4 cm³/mol. The van der Waals surface area contributed by atoms with Crippen LogP contribution in [0.25, 0.3) is 0 Å². The lowest BCUT2D eigenvalue weighted by Crippen LogP contribution is -2.45. The van der Waals surface area contributed by atoms with Crippen molar-refractivity contribution < 1.29 is 32.7 Å². The molecule has 9 heteroatoms. The zero-order chi connectivity index (χ0) is 14.0. The third kappa shape index (κ3) is 4.22. The topological polar surface area (TPSA) is 95.5 Å². The summed E-state index contributed by atoms with van der Waals surface area (Å²) in [5, 5.41) is 12.4. The average molecular weight is 268 g/mol. The van der Waals surface area contributed by atoms with E-state index in [1.54, 1.807) is 0 Å². The first-order valence-corrected chi connectivity index (χ1v) is 5.02. The highest BCUT2D eigenvalue weighted by Crippen LogP contribution is 2.35. The van der Waals surface area contributed by atoms with Crippen molar-refractivity contribution in [3.8, 4) is 0 Å². The molecule has 0 radical (unpaired) electrons.